The molecular formula is C16H15BrN2S. The smallest absolute Gasteiger partial charge is 0.0594 e. The number of rotatable bonds is 4. The van der Waals surface area contributed by atoms with E-state index in [2.05, 4.69) is 75.3 Å². The largest absolute Gasteiger partial charge is 0.271 e. The Balaban J connectivity index is 1.95. The quantitative estimate of drug-likeness (QED) is 0.542. The minimum atomic E-state index is 0.136. The molecule has 0 aliphatic heterocycles. The summed E-state index contributed by atoms with van der Waals surface area (Å²) in [7, 11) is 0. The van der Waals surface area contributed by atoms with Gasteiger partial charge in [0.25, 0.3) is 0 Å². The van der Waals surface area contributed by atoms with E-state index in [0.717, 1.165) is 10.9 Å². The molecule has 0 amide bonds. The van der Waals surface area contributed by atoms with Gasteiger partial charge < -0.3 is 0 Å². The number of nitrogens with two attached hydrogens (primary N) is 1. The molecule has 0 saturated carbocycles. The Hall–Kier alpha value is -1.20. The lowest BCUT2D eigenvalue weighted by Gasteiger charge is -2.15. The van der Waals surface area contributed by atoms with Crippen LogP contribution in [0.4, 0.5) is 0 Å². The lowest BCUT2D eigenvalue weighted by atomic mass is 9.98. The van der Waals surface area contributed by atoms with Crippen molar-refractivity contribution in [2.24, 2.45) is 5.84 Å². The standard InChI is InChI=1S/C16H15BrN2S/c17-13-9-16(20-10-13)15(19-18)8-12-6-3-5-11-4-1-2-7-14(11)12/h1-7,9-10,15,19H,8,18H2. The summed E-state index contributed by atoms with van der Waals surface area (Å²) in [6.07, 6.45) is 0.880. The van der Waals surface area contributed by atoms with E-state index < -0.39 is 0 Å². The predicted molar refractivity (Wildman–Crippen MR) is 89.7 cm³/mol. The van der Waals surface area contributed by atoms with Crippen LogP contribution < -0.4 is 11.3 Å². The zero-order chi connectivity index (χ0) is 13.9. The average Bonchev–Trinajstić information content (AvgIpc) is 2.91. The number of hydrogen-bond acceptors (Lipinski definition) is 3. The summed E-state index contributed by atoms with van der Waals surface area (Å²) in [5, 5.41) is 4.65. The molecular weight excluding hydrogens is 332 g/mol. The first-order chi connectivity index (χ1) is 9.78. The number of nitrogens with one attached hydrogen (secondary N) is 1. The molecule has 0 saturated heterocycles. The number of hydrazine groups is 1. The fourth-order valence-electron chi connectivity index (χ4n) is 2.44. The first-order valence-electron chi connectivity index (χ1n) is 6.44. The van der Waals surface area contributed by atoms with Crippen LogP contribution in [0.5, 0.6) is 0 Å². The third kappa shape index (κ3) is 2.79. The summed E-state index contributed by atoms with van der Waals surface area (Å²) in [6.45, 7) is 0. The summed E-state index contributed by atoms with van der Waals surface area (Å²) in [6, 6.07) is 17.2. The number of fused-ring (bicyclic) bond motifs is 1. The van der Waals surface area contributed by atoms with Crippen LogP contribution in [0.15, 0.2) is 58.4 Å². The van der Waals surface area contributed by atoms with E-state index in [4.69, 9.17) is 5.84 Å². The minimum Gasteiger partial charge on any atom is -0.271 e. The van der Waals surface area contributed by atoms with Gasteiger partial charge >= 0.3 is 0 Å². The monoisotopic (exact) mass is 346 g/mol. The lowest BCUT2D eigenvalue weighted by Crippen LogP contribution is -2.29. The Labute approximate surface area is 130 Å². The molecule has 2 nitrogen and oxygen atoms in total. The van der Waals surface area contributed by atoms with Gasteiger partial charge in [-0.3, -0.25) is 11.3 Å². The maximum absolute atomic E-state index is 5.75. The second kappa shape index (κ2) is 6.06. The van der Waals surface area contributed by atoms with Crippen molar-refractivity contribution in [2.75, 3.05) is 0 Å². The average molecular weight is 347 g/mol. The second-order valence-electron chi connectivity index (χ2n) is 4.73. The van der Waals surface area contributed by atoms with Crippen molar-refractivity contribution in [2.45, 2.75) is 12.5 Å². The fraction of sp³-hybridized carbons (Fsp3) is 0.125. The zero-order valence-electron chi connectivity index (χ0n) is 10.8. The molecule has 3 rings (SSSR count). The van der Waals surface area contributed by atoms with Crippen molar-refractivity contribution >= 4 is 38.0 Å². The molecule has 0 aliphatic rings. The van der Waals surface area contributed by atoms with Crippen molar-refractivity contribution in [3.8, 4) is 0 Å². The summed E-state index contributed by atoms with van der Waals surface area (Å²) in [4.78, 5) is 1.24. The van der Waals surface area contributed by atoms with Crippen LogP contribution in [0, 0.1) is 0 Å². The summed E-state index contributed by atoms with van der Waals surface area (Å²) < 4.78 is 1.11. The van der Waals surface area contributed by atoms with Crippen LogP contribution in [0.3, 0.4) is 0 Å². The van der Waals surface area contributed by atoms with Gasteiger partial charge in [-0.1, -0.05) is 42.5 Å². The highest BCUT2D eigenvalue weighted by Gasteiger charge is 2.14. The van der Waals surface area contributed by atoms with E-state index >= 15 is 0 Å². The third-order valence-electron chi connectivity index (χ3n) is 3.44. The lowest BCUT2D eigenvalue weighted by molar-refractivity contribution is 0.562. The van der Waals surface area contributed by atoms with Gasteiger partial charge in [0.2, 0.25) is 0 Å². The van der Waals surface area contributed by atoms with E-state index in [1.54, 1.807) is 11.3 Å². The maximum atomic E-state index is 5.75. The Kier molecular flexibility index (Phi) is 4.17. The number of hydrogen-bond donors (Lipinski definition) is 2. The molecule has 3 N–H and O–H groups in total. The van der Waals surface area contributed by atoms with Crippen molar-refractivity contribution in [1.82, 2.24) is 5.43 Å². The molecule has 0 fully saturated rings. The first-order valence-corrected chi connectivity index (χ1v) is 8.12. The molecule has 3 aromatic rings. The number of halogens is 1. The van der Waals surface area contributed by atoms with Gasteiger partial charge in [0.15, 0.2) is 0 Å². The second-order valence-corrected chi connectivity index (χ2v) is 6.59. The predicted octanol–water partition coefficient (Wildman–Crippen LogP) is 4.41. The van der Waals surface area contributed by atoms with E-state index in [1.165, 1.54) is 21.2 Å². The highest BCUT2D eigenvalue weighted by atomic mass is 79.9. The van der Waals surface area contributed by atoms with Crippen molar-refractivity contribution in [1.29, 1.82) is 0 Å². The molecule has 1 unspecified atom stereocenters. The van der Waals surface area contributed by atoms with E-state index in [1.807, 2.05) is 0 Å². The molecule has 20 heavy (non-hydrogen) atoms. The van der Waals surface area contributed by atoms with Crippen LogP contribution in [0.25, 0.3) is 10.8 Å². The van der Waals surface area contributed by atoms with Gasteiger partial charge in [-0.25, -0.2) is 0 Å². The zero-order valence-corrected chi connectivity index (χ0v) is 13.2. The van der Waals surface area contributed by atoms with Crippen LogP contribution >= 0.6 is 27.3 Å². The highest BCUT2D eigenvalue weighted by molar-refractivity contribution is 9.10. The van der Waals surface area contributed by atoms with Gasteiger partial charge in [0.05, 0.1) is 6.04 Å². The molecule has 4 heteroatoms. The van der Waals surface area contributed by atoms with Crippen LogP contribution in [-0.4, -0.2) is 0 Å². The van der Waals surface area contributed by atoms with Gasteiger partial charge in [0.1, 0.15) is 0 Å². The summed E-state index contributed by atoms with van der Waals surface area (Å²) >= 11 is 5.21. The molecule has 0 spiro atoms. The van der Waals surface area contributed by atoms with Crippen molar-refractivity contribution in [3.05, 3.63) is 68.8 Å². The summed E-state index contributed by atoms with van der Waals surface area (Å²) in [5.41, 5.74) is 4.25. The molecule has 102 valence electrons. The molecule has 0 bridgehead atoms. The molecule has 1 aromatic heterocycles. The van der Waals surface area contributed by atoms with E-state index in [-0.39, 0.29) is 6.04 Å². The Bertz CT molecular complexity index is 718. The fourth-order valence-corrected chi connectivity index (χ4v) is 3.95. The SMILES string of the molecule is NNC(Cc1cccc2ccccc12)c1cc(Br)cs1. The normalized spacial score (nSPS) is 12.7. The highest BCUT2D eigenvalue weighted by Crippen LogP contribution is 2.29. The van der Waals surface area contributed by atoms with Gasteiger partial charge in [-0.05, 0) is 44.8 Å². The molecule has 1 heterocycles. The van der Waals surface area contributed by atoms with Gasteiger partial charge in [-0.15, -0.1) is 11.3 Å². The van der Waals surface area contributed by atoms with Crippen molar-refractivity contribution < 1.29 is 0 Å². The third-order valence-corrected chi connectivity index (χ3v) is 5.24. The topological polar surface area (TPSA) is 38.0 Å². The van der Waals surface area contributed by atoms with E-state index in [9.17, 15) is 0 Å². The Morgan fingerprint density at radius 1 is 1.15 bits per heavy atom. The van der Waals surface area contributed by atoms with E-state index in [0.29, 0.717) is 0 Å². The van der Waals surface area contributed by atoms with Crippen molar-refractivity contribution in [3.63, 3.8) is 0 Å². The van der Waals surface area contributed by atoms with Gasteiger partial charge in [0, 0.05) is 14.7 Å². The molecule has 0 radical (unpaired) electrons. The maximum Gasteiger partial charge on any atom is 0.0594 e. The number of benzene rings is 2. The van der Waals surface area contributed by atoms with Crippen LogP contribution in [-0.2, 0) is 6.42 Å². The number of thiophene rings is 1. The first kappa shape index (κ1) is 13.8. The Morgan fingerprint density at radius 2 is 1.95 bits per heavy atom. The molecule has 1 atom stereocenters. The molecule has 0 aliphatic carbocycles. The molecule has 2 aromatic carbocycles. The van der Waals surface area contributed by atoms with Crippen LogP contribution in [0.2, 0.25) is 0 Å². The minimum absolute atomic E-state index is 0.136. The van der Waals surface area contributed by atoms with Crippen LogP contribution in [0.1, 0.15) is 16.5 Å². The Morgan fingerprint density at radius 3 is 2.70 bits per heavy atom. The summed E-state index contributed by atoms with van der Waals surface area (Å²) in [5.74, 6) is 5.75. The van der Waals surface area contributed by atoms with Gasteiger partial charge in [-0.2, -0.15) is 0 Å².